The fourth-order valence-corrected chi connectivity index (χ4v) is 3.37. The normalized spacial score (nSPS) is 18.8. The minimum absolute atomic E-state index is 0.230. The summed E-state index contributed by atoms with van der Waals surface area (Å²) >= 11 is 1.83. The quantitative estimate of drug-likeness (QED) is 0.880. The number of thiazole rings is 1. The highest BCUT2D eigenvalue weighted by Crippen LogP contribution is 2.28. The summed E-state index contributed by atoms with van der Waals surface area (Å²) in [5.41, 5.74) is 7.02. The first-order chi connectivity index (χ1) is 7.66. The lowest BCUT2D eigenvalue weighted by molar-refractivity contribution is 0.576. The molecule has 0 aliphatic carbocycles. The lowest BCUT2D eigenvalue weighted by Crippen LogP contribution is -2.29. The highest BCUT2D eigenvalue weighted by atomic mass is 32.1. The lowest BCUT2D eigenvalue weighted by Gasteiger charge is -2.25. The number of rotatable bonds is 3. The van der Waals surface area contributed by atoms with Crippen molar-refractivity contribution in [2.75, 3.05) is 18.0 Å². The van der Waals surface area contributed by atoms with E-state index < -0.39 is 0 Å². The van der Waals surface area contributed by atoms with Gasteiger partial charge in [0.25, 0.3) is 0 Å². The van der Waals surface area contributed by atoms with E-state index in [1.54, 1.807) is 0 Å². The third-order valence-electron chi connectivity index (χ3n) is 3.02. The summed E-state index contributed by atoms with van der Waals surface area (Å²) in [7, 11) is 0. The largest absolute Gasteiger partial charge is 0.348 e. The summed E-state index contributed by atoms with van der Waals surface area (Å²) in [5, 5.41) is 1.20. The summed E-state index contributed by atoms with van der Waals surface area (Å²) < 4.78 is 0. The Morgan fingerprint density at radius 3 is 2.69 bits per heavy atom. The molecular formula is C12H21N3S. The summed E-state index contributed by atoms with van der Waals surface area (Å²) in [5.74, 6) is 0. The van der Waals surface area contributed by atoms with Gasteiger partial charge in [-0.15, -0.1) is 11.3 Å². The Bertz CT molecular complexity index is 340. The van der Waals surface area contributed by atoms with Gasteiger partial charge in [0.1, 0.15) is 0 Å². The predicted molar refractivity (Wildman–Crippen MR) is 70.3 cm³/mol. The summed E-state index contributed by atoms with van der Waals surface area (Å²) in [6.07, 6.45) is 4.94. The predicted octanol–water partition coefficient (Wildman–Crippen LogP) is 2.33. The molecule has 3 nitrogen and oxygen atoms in total. The first kappa shape index (κ1) is 11.9. The molecule has 0 saturated carbocycles. The van der Waals surface area contributed by atoms with Crippen LogP contribution in [0.3, 0.4) is 0 Å². The molecule has 2 N–H and O–H groups in total. The van der Waals surface area contributed by atoms with Gasteiger partial charge in [-0.1, -0.05) is 0 Å². The SMILES string of the molecule is Cc1nc(N2CCCCC2)sc1C[C@@H](C)N. The van der Waals surface area contributed by atoms with Crippen LogP contribution in [0.25, 0.3) is 0 Å². The molecule has 1 fully saturated rings. The fourth-order valence-electron chi connectivity index (χ4n) is 2.11. The van der Waals surface area contributed by atoms with Gasteiger partial charge in [0, 0.05) is 24.0 Å². The summed E-state index contributed by atoms with van der Waals surface area (Å²) in [6, 6.07) is 0.230. The Hall–Kier alpha value is -0.610. The zero-order valence-corrected chi connectivity index (χ0v) is 11.0. The first-order valence-corrected chi connectivity index (χ1v) is 6.95. The molecule has 0 aromatic carbocycles. The first-order valence-electron chi connectivity index (χ1n) is 6.13. The van der Waals surface area contributed by atoms with Crippen LogP contribution in [-0.2, 0) is 6.42 Å². The molecule has 0 radical (unpaired) electrons. The highest BCUT2D eigenvalue weighted by molar-refractivity contribution is 7.15. The van der Waals surface area contributed by atoms with Crippen molar-refractivity contribution in [2.24, 2.45) is 5.73 Å². The average molecular weight is 239 g/mol. The van der Waals surface area contributed by atoms with Crippen LogP contribution in [-0.4, -0.2) is 24.1 Å². The average Bonchev–Trinajstić information content (AvgIpc) is 2.61. The van der Waals surface area contributed by atoms with Crippen molar-refractivity contribution in [3.63, 3.8) is 0 Å². The van der Waals surface area contributed by atoms with E-state index in [4.69, 9.17) is 5.73 Å². The van der Waals surface area contributed by atoms with Gasteiger partial charge in [-0.2, -0.15) is 0 Å². The highest BCUT2D eigenvalue weighted by Gasteiger charge is 2.16. The van der Waals surface area contributed by atoms with Crippen LogP contribution in [0, 0.1) is 6.92 Å². The molecule has 16 heavy (non-hydrogen) atoms. The van der Waals surface area contributed by atoms with Gasteiger partial charge in [-0.05, 0) is 39.5 Å². The molecule has 0 spiro atoms. The van der Waals surface area contributed by atoms with Crippen LogP contribution in [0.1, 0.15) is 36.8 Å². The van der Waals surface area contributed by atoms with Gasteiger partial charge in [0.15, 0.2) is 5.13 Å². The maximum atomic E-state index is 5.85. The van der Waals surface area contributed by atoms with Crippen LogP contribution in [0.5, 0.6) is 0 Å². The summed E-state index contributed by atoms with van der Waals surface area (Å²) in [4.78, 5) is 8.46. The third-order valence-corrected chi connectivity index (χ3v) is 4.26. The van der Waals surface area contributed by atoms with Gasteiger partial charge in [-0.3, -0.25) is 0 Å². The molecule has 1 saturated heterocycles. The van der Waals surface area contributed by atoms with E-state index in [0.29, 0.717) is 0 Å². The summed E-state index contributed by atoms with van der Waals surface area (Å²) in [6.45, 7) is 6.50. The Morgan fingerprint density at radius 1 is 1.38 bits per heavy atom. The molecule has 4 heteroatoms. The van der Waals surface area contributed by atoms with E-state index >= 15 is 0 Å². The molecule has 1 atom stereocenters. The van der Waals surface area contributed by atoms with E-state index in [1.165, 1.54) is 48.1 Å². The molecule has 2 rings (SSSR count). The van der Waals surface area contributed by atoms with Crippen molar-refractivity contribution >= 4 is 16.5 Å². The Balaban J connectivity index is 2.09. The molecule has 1 aliphatic rings. The van der Waals surface area contributed by atoms with Crippen molar-refractivity contribution in [3.8, 4) is 0 Å². The number of anilines is 1. The van der Waals surface area contributed by atoms with E-state index in [9.17, 15) is 0 Å². The Morgan fingerprint density at radius 2 is 2.06 bits per heavy atom. The zero-order valence-electron chi connectivity index (χ0n) is 10.2. The molecule has 1 aromatic rings. The topological polar surface area (TPSA) is 42.2 Å². The maximum absolute atomic E-state index is 5.85. The minimum atomic E-state index is 0.230. The Kier molecular flexibility index (Phi) is 3.82. The van der Waals surface area contributed by atoms with Crippen molar-refractivity contribution in [1.29, 1.82) is 0 Å². The van der Waals surface area contributed by atoms with E-state index in [-0.39, 0.29) is 6.04 Å². The van der Waals surface area contributed by atoms with Gasteiger partial charge < -0.3 is 10.6 Å². The fraction of sp³-hybridized carbons (Fsp3) is 0.750. The van der Waals surface area contributed by atoms with Crippen molar-refractivity contribution in [1.82, 2.24) is 4.98 Å². The van der Waals surface area contributed by atoms with Crippen LogP contribution in [0.15, 0.2) is 0 Å². The zero-order chi connectivity index (χ0) is 11.5. The van der Waals surface area contributed by atoms with E-state index in [0.717, 1.165) is 6.42 Å². The van der Waals surface area contributed by atoms with Crippen LogP contribution in [0.2, 0.25) is 0 Å². The van der Waals surface area contributed by atoms with Crippen molar-refractivity contribution < 1.29 is 0 Å². The second kappa shape index (κ2) is 5.15. The van der Waals surface area contributed by atoms with Crippen LogP contribution >= 0.6 is 11.3 Å². The van der Waals surface area contributed by atoms with Crippen molar-refractivity contribution in [2.45, 2.75) is 45.6 Å². The van der Waals surface area contributed by atoms with Crippen LogP contribution in [0.4, 0.5) is 5.13 Å². The van der Waals surface area contributed by atoms with Gasteiger partial charge in [0.2, 0.25) is 0 Å². The smallest absolute Gasteiger partial charge is 0.185 e. The number of nitrogens with zero attached hydrogens (tertiary/aromatic N) is 2. The molecule has 2 heterocycles. The van der Waals surface area contributed by atoms with Crippen molar-refractivity contribution in [3.05, 3.63) is 10.6 Å². The molecule has 90 valence electrons. The Labute approximate surface area is 102 Å². The van der Waals surface area contributed by atoms with Gasteiger partial charge >= 0.3 is 0 Å². The molecular weight excluding hydrogens is 218 g/mol. The lowest BCUT2D eigenvalue weighted by atomic mass is 10.1. The number of nitrogens with two attached hydrogens (primary N) is 1. The van der Waals surface area contributed by atoms with E-state index in [1.807, 2.05) is 11.3 Å². The molecule has 0 unspecified atom stereocenters. The monoisotopic (exact) mass is 239 g/mol. The second-order valence-electron chi connectivity index (χ2n) is 4.73. The molecule has 1 aromatic heterocycles. The number of piperidine rings is 1. The standard InChI is InChI=1S/C12H21N3S/c1-9(13)8-11-10(2)14-12(16-11)15-6-4-3-5-7-15/h9H,3-8,13H2,1-2H3/t9-/m1/s1. The van der Waals surface area contributed by atoms with Gasteiger partial charge in [0.05, 0.1) is 5.69 Å². The number of aromatic nitrogens is 1. The molecule has 1 aliphatic heterocycles. The third kappa shape index (κ3) is 2.74. The minimum Gasteiger partial charge on any atom is -0.348 e. The molecule has 0 bridgehead atoms. The molecule has 0 amide bonds. The maximum Gasteiger partial charge on any atom is 0.185 e. The van der Waals surface area contributed by atoms with E-state index in [2.05, 4.69) is 23.7 Å². The van der Waals surface area contributed by atoms with Crippen LogP contribution < -0.4 is 10.6 Å². The second-order valence-corrected chi connectivity index (χ2v) is 5.80. The number of aryl methyl sites for hydroxylation is 1. The van der Waals surface area contributed by atoms with Gasteiger partial charge in [-0.25, -0.2) is 4.98 Å². The number of hydrogen-bond acceptors (Lipinski definition) is 4. The number of hydrogen-bond donors (Lipinski definition) is 1.